The number of hydrogen-bond donors (Lipinski definition) is 0. The summed E-state index contributed by atoms with van der Waals surface area (Å²) in [4.78, 5) is 12.6. The highest BCUT2D eigenvalue weighted by molar-refractivity contribution is 5.87. The maximum absolute atomic E-state index is 12.6. The van der Waals surface area contributed by atoms with Crippen LogP contribution in [0.25, 0.3) is 6.08 Å². The average molecular weight is 413 g/mol. The van der Waals surface area contributed by atoms with Crippen molar-refractivity contribution in [1.29, 1.82) is 5.26 Å². The molecule has 0 unspecified atom stereocenters. The maximum atomic E-state index is 12.6. The van der Waals surface area contributed by atoms with E-state index >= 15 is 0 Å². The number of carbonyl (C=O) groups is 1. The second-order valence-corrected chi connectivity index (χ2v) is 6.72. The molecule has 0 amide bonds. The molecule has 0 fully saturated rings. The Morgan fingerprint density at radius 1 is 1.00 bits per heavy atom. The molecule has 0 saturated carbocycles. The summed E-state index contributed by atoms with van der Waals surface area (Å²) in [6, 6.07) is 26.8. The van der Waals surface area contributed by atoms with Gasteiger partial charge in [0.05, 0.1) is 7.11 Å². The first kappa shape index (κ1) is 21.7. The van der Waals surface area contributed by atoms with Gasteiger partial charge in [0.25, 0.3) is 0 Å². The van der Waals surface area contributed by atoms with Crippen molar-refractivity contribution in [1.82, 2.24) is 0 Å². The molecule has 1 atom stereocenters. The Labute approximate surface area is 182 Å². The van der Waals surface area contributed by atoms with Crippen LogP contribution in [0, 0.1) is 11.3 Å². The van der Waals surface area contributed by atoms with Crippen LogP contribution < -0.4 is 9.47 Å². The van der Waals surface area contributed by atoms with Gasteiger partial charge in [0, 0.05) is 12.5 Å². The molecule has 5 heteroatoms. The number of nitriles is 1. The number of benzene rings is 3. The molecule has 0 aliphatic rings. The Balaban J connectivity index is 1.72. The third-order valence-electron chi connectivity index (χ3n) is 4.59. The van der Waals surface area contributed by atoms with Crippen LogP contribution in [-0.2, 0) is 16.0 Å². The number of carbonyl (C=O) groups excluding carboxylic acids is 1. The van der Waals surface area contributed by atoms with Crippen LogP contribution in [0.3, 0.4) is 0 Å². The van der Waals surface area contributed by atoms with Gasteiger partial charge in [0.2, 0.25) is 0 Å². The minimum absolute atomic E-state index is 0.0693. The van der Waals surface area contributed by atoms with Gasteiger partial charge in [-0.3, -0.25) is 0 Å². The zero-order chi connectivity index (χ0) is 21.9. The summed E-state index contributed by atoms with van der Waals surface area (Å²) in [5.41, 5.74) is 2.78. The van der Waals surface area contributed by atoms with Gasteiger partial charge in [-0.25, -0.2) is 4.79 Å². The first-order valence-electron chi connectivity index (χ1n) is 9.85. The first-order valence-corrected chi connectivity index (χ1v) is 9.85. The van der Waals surface area contributed by atoms with Gasteiger partial charge < -0.3 is 14.2 Å². The van der Waals surface area contributed by atoms with Gasteiger partial charge in [-0.1, -0.05) is 66.7 Å². The van der Waals surface area contributed by atoms with E-state index in [1.807, 2.05) is 66.7 Å². The second kappa shape index (κ2) is 11.2. The van der Waals surface area contributed by atoms with Crippen molar-refractivity contribution < 1.29 is 19.0 Å². The van der Waals surface area contributed by atoms with Gasteiger partial charge in [0.1, 0.15) is 12.2 Å². The van der Waals surface area contributed by atoms with E-state index in [-0.39, 0.29) is 6.61 Å². The van der Waals surface area contributed by atoms with Crippen molar-refractivity contribution in [2.24, 2.45) is 0 Å². The normalized spacial score (nSPS) is 11.5. The minimum atomic E-state index is -0.437. The molecule has 156 valence electrons. The minimum Gasteiger partial charge on any atom is -0.493 e. The topological polar surface area (TPSA) is 68.6 Å². The van der Waals surface area contributed by atoms with E-state index in [1.54, 1.807) is 24.3 Å². The van der Waals surface area contributed by atoms with Gasteiger partial charge in [-0.2, -0.15) is 5.26 Å². The summed E-state index contributed by atoms with van der Waals surface area (Å²) in [6.45, 7) is -0.0693. The van der Waals surface area contributed by atoms with Crippen LogP contribution >= 0.6 is 0 Å². The maximum Gasteiger partial charge on any atom is 0.331 e. The van der Waals surface area contributed by atoms with Crippen LogP contribution in [0.1, 0.15) is 22.8 Å². The van der Waals surface area contributed by atoms with E-state index in [2.05, 4.69) is 0 Å². The fraction of sp³-hybridized carbons (Fsp3) is 0.154. The van der Waals surface area contributed by atoms with Crippen LogP contribution in [0.4, 0.5) is 0 Å². The summed E-state index contributed by atoms with van der Waals surface area (Å²) < 4.78 is 16.4. The number of rotatable bonds is 9. The van der Waals surface area contributed by atoms with E-state index in [1.165, 1.54) is 13.2 Å². The highest BCUT2D eigenvalue weighted by atomic mass is 16.5. The third kappa shape index (κ3) is 6.48. The van der Waals surface area contributed by atoms with Gasteiger partial charge in [-0.15, -0.1) is 0 Å². The summed E-state index contributed by atoms with van der Waals surface area (Å²) >= 11 is 0. The smallest absolute Gasteiger partial charge is 0.331 e. The number of ether oxygens (including phenoxy) is 3. The second-order valence-electron chi connectivity index (χ2n) is 6.72. The van der Waals surface area contributed by atoms with E-state index < -0.39 is 12.1 Å². The Kier molecular flexibility index (Phi) is 7.84. The van der Waals surface area contributed by atoms with Crippen molar-refractivity contribution >= 4 is 12.0 Å². The van der Waals surface area contributed by atoms with Crippen molar-refractivity contribution in [3.8, 4) is 17.6 Å². The Bertz CT molecular complexity index is 1060. The molecule has 31 heavy (non-hydrogen) atoms. The Morgan fingerprint density at radius 2 is 1.71 bits per heavy atom. The predicted octanol–water partition coefficient (Wildman–Crippen LogP) is 5.14. The molecule has 5 nitrogen and oxygen atoms in total. The average Bonchev–Trinajstić information content (AvgIpc) is 2.82. The fourth-order valence-electron chi connectivity index (χ4n) is 3.08. The SMILES string of the molecule is COc1cc(/C=C\C(=O)O[C@H](Cc2ccccc2)c2ccccc2)ccc1OCC#N. The van der Waals surface area contributed by atoms with Crippen molar-refractivity contribution in [2.45, 2.75) is 12.5 Å². The molecule has 0 bridgehead atoms. The van der Waals surface area contributed by atoms with E-state index in [9.17, 15) is 4.79 Å². The lowest BCUT2D eigenvalue weighted by atomic mass is 10.0. The lowest BCUT2D eigenvalue weighted by Gasteiger charge is -2.17. The van der Waals surface area contributed by atoms with Crippen LogP contribution in [-0.4, -0.2) is 19.7 Å². The molecule has 0 aliphatic heterocycles. The molecule has 0 aromatic heterocycles. The molecule has 0 heterocycles. The highest BCUT2D eigenvalue weighted by Crippen LogP contribution is 2.28. The zero-order valence-corrected chi connectivity index (χ0v) is 17.2. The zero-order valence-electron chi connectivity index (χ0n) is 17.2. The monoisotopic (exact) mass is 413 g/mol. The van der Waals surface area contributed by atoms with Crippen LogP contribution in [0.2, 0.25) is 0 Å². The third-order valence-corrected chi connectivity index (χ3v) is 4.59. The molecular weight excluding hydrogens is 390 g/mol. The molecular formula is C26H23NO4. The summed E-state index contributed by atoms with van der Waals surface area (Å²) in [6.07, 6.45) is 3.25. The first-order chi connectivity index (χ1) is 15.2. The molecule has 0 aliphatic carbocycles. The van der Waals surface area contributed by atoms with Gasteiger partial charge in [-0.05, 0) is 34.9 Å². The number of nitrogens with zero attached hydrogens (tertiary/aromatic N) is 1. The Hall–Kier alpha value is -4.04. The Morgan fingerprint density at radius 3 is 2.39 bits per heavy atom. The van der Waals surface area contributed by atoms with Gasteiger partial charge in [0.15, 0.2) is 18.1 Å². The standard InChI is InChI=1S/C26H23NO4/c1-29-25-19-21(12-14-23(25)30-17-16-27)13-15-26(28)31-24(22-10-6-3-7-11-22)18-20-8-4-2-5-9-20/h2-15,19,24H,17-18H2,1H3/b15-13-/t24-/m1/s1. The largest absolute Gasteiger partial charge is 0.493 e. The lowest BCUT2D eigenvalue weighted by Crippen LogP contribution is -2.12. The van der Waals surface area contributed by atoms with E-state index in [0.717, 1.165) is 16.7 Å². The van der Waals surface area contributed by atoms with Gasteiger partial charge >= 0.3 is 5.97 Å². The quantitative estimate of drug-likeness (QED) is 0.359. The number of methoxy groups -OCH3 is 1. The summed E-state index contributed by atoms with van der Waals surface area (Å²) in [5.74, 6) is 0.515. The van der Waals surface area contributed by atoms with Crippen molar-refractivity contribution in [2.75, 3.05) is 13.7 Å². The molecule has 3 rings (SSSR count). The van der Waals surface area contributed by atoms with E-state index in [0.29, 0.717) is 17.9 Å². The predicted molar refractivity (Wildman–Crippen MR) is 119 cm³/mol. The molecule has 3 aromatic rings. The molecule has 0 saturated heterocycles. The highest BCUT2D eigenvalue weighted by Gasteiger charge is 2.16. The number of esters is 1. The summed E-state index contributed by atoms with van der Waals surface area (Å²) in [7, 11) is 1.52. The lowest BCUT2D eigenvalue weighted by molar-refractivity contribution is -0.143. The summed E-state index contributed by atoms with van der Waals surface area (Å²) in [5, 5.41) is 8.66. The van der Waals surface area contributed by atoms with Crippen molar-refractivity contribution in [3.05, 3.63) is 102 Å². The van der Waals surface area contributed by atoms with Crippen LogP contribution in [0.5, 0.6) is 11.5 Å². The molecule has 0 spiro atoms. The molecule has 0 radical (unpaired) electrons. The van der Waals surface area contributed by atoms with Crippen molar-refractivity contribution in [3.63, 3.8) is 0 Å². The number of hydrogen-bond acceptors (Lipinski definition) is 5. The van der Waals surface area contributed by atoms with E-state index in [4.69, 9.17) is 19.5 Å². The molecule has 0 N–H and O–H groups in total. The molecule has 3 aromatic carbocycles. The fourth-order valence-corrected chi connectivity index (χ4v) is 3.08. The van der Waals surface area contributed by atoms with Crippen LogP contribution in [0.15, 0.2) is 84.9 Å².